The van der Waals surface area contributed by atoms with Crippen LogP contribution in [-0.4, -0.2) is 45.5 Å². The van der Waals surface area contributed by atoms with Crippen molar-refractivity contribution in [2.45, 2.75) is 46.0 Å². The minimum absolute atomic E-state index is 0.0964. The summed E-state index contributed by atoms with van der Waals surface area (Å²) in [5.41, 5.74) is 1.53. The van der Waals surface area contributed by atoms with Gasteiger partial charge in [-0.15, -0.1) is 0 Å². The largest absolute Gasteiger partial charge is 0.396 e. The van der Waals surface area contributed by atoms with E-state index in [1.165, 1.54) is 0 Å². The van der Waals surface area contributed by atoms with Crippen LogP contribution in [-0.2, 0) is 7.05 Å². The molecular weight excluding hydrogens is 280 g/mol. The second-order valence-electron chi connectivity index (χ2n) is 6.72. The van der Waals surface area contributed by atoms with Crippen LogP contribution in [0.1, 0.15) is 51.6 Å². The van der Waals surface area contributed by atoms with E-state index in [9.17, 15) is 9.90 Å². The van der Waals surface area contributed by atoms with Crippen LogP contribution in [0.2, 0.25) is 0 Å². The highest BCUT2D eigenvalue weighted by Gasteiger charge is 2.35. The van der Waals surface area contributed by atoms with Gasteiger partial charge in [0.2, 0.25) is 0 Å². The van der Waals surface area contributed by atoms with Crippen LogP contribution in [0.3, 0.4) is 0 Å². The average Bonchev–Trinajstić information content (AvgIpc) is 2.88. The smallest absolute Gasteiger partial charge is 0.321 e. The minimum atomic E-state index is -0.147. The number of nitrogens with zero attached hydrogens (tertiary/aromatic N) is 3. The number of carbonyl (C=O) groups is 1. The number of aryl methyl sites for hydroxylation is 1. The van der Waals surface area contributed by atoms with E-state index >= 15 is 0 Å². The monoisotopic (exact) mass is 308 g/mol. The average molecular weight is 308 g/mol. The van der Waals surface area contributed by atoms with Crippen LogP contribution >= 0.6 is 0 Å². The van der Waals surface area contributed by atoms with Crippen molar-refractivity contribution in [2.24, 2.45) is 12.5 Å². The molecule has 6 heteroatoms. The minimum Gasteiger partial charge on any atom is -0.396 e. The maximum atomic E-state index is 12.6. The van der Waals surface area contributed by atoms with E-state index < -0.39 is 0 Å². The Morgan fingerprint density at radius 1 is 1.55 bits per heavy atom. The van der Waals surface area contributed by atoms with Gasteiger partial charge in [-0.05, 0) is 25.2 Å². The van der Waals surface area contributed by atoms with Gasteiger partial charge in [-0.2, -0.15) is 5.10 Å². The predicted molar refractivity (Wildman–Crippen MR) is 86.9 cm³/mol. The van der Waals surface area contributed by atoms with Gasteiger partial charge in [0.1, 0.15) is 0 Å². The summed E-state index contributed by atoms with van der Waals surface area (Å²) < 4.78 is 1.73. The lowest BCUT2D eigenvalue weighted by atomic mass is 9.78. The summed E-state index contributed by atoms with van der Waals surface area (Å²) in [7, 11) is 1.86. The Morgan fingerprint density at radius 2 is 2.27 bits per heavy atom. The van der Waals surface area contributed by atoms with Crippen molar-refractivity contribution in [1.29, 1.82) is 0 Å². The van der Waals surface area contributed by atoms with Gasteiger partial charge in [0.15, 0.2) is 0 Å². The first-order valence-electron chi connectivity index (χ1n) is 8.11. The molecule has 0 bridgehead atoms. The normalized spacial score (nSPS) is 22.2. The van der Waals surface area contributed by atoms with Crippen molar-refractivity contribution in [3.63, 3.8) is 0 Å². The summed E-state index contributed by atoms with van der Waals surface area (Å²) in [6.45, 7) is 7.69. The third-order valence-corrected chi connectivity index (χ3v) is 4.68. The highest BCUT2D eigenvalue weighted by molar-refractivity contribution is 5.90. The predicted octanol–water partition coefficient (Wildman–Crippen LogP) is 2.56. The number of aliphatic hydroxyl groups excluding tert-OH is 1. The second-order valence-corrected chi connectivity index (χ2v) is 6.72. The molecule has 22 heavy (non-hydrogen) atoms. The molecule has 2 rings (SSSR count). The number of anilines is 1. The van der Waals surface area contributed by atoms with E-state index in [1.807, 2.05) is 18.1 Å². The Labute approximate surface area is 132 Å². The van der Waals surface area contributed by atoms with Crippen LogP contribution in [0.4, 0.5) is 10.5 Å². The zero-order valence-corrected chi connectivity index (χ0v) is 14.1. The number of aromatic nitrogens is 2. The lowest BCUT2D eigenvalue weighted by molar-refractivity contribution is 0.0468. The van der Waals surface area contributed by atoms with E-state index in [0.29, 0.717) is 6.54 Å². The molecule has 1 fully saturated rings. The van der Waals surface area contributed by atoms with Crippen molar-refractivity contribution in [3.05, 3.63) is 11.9 Å². The van der Waals surface area contributed by atoms with Gasteiger partial charge in [0.05, 0.1) is 18.0 Å². The van der Waals surface area contributed by atoms with E-state index in [2.05, 4.69) is 31.2 Å². The van der Waals surface area contributed by atoms with Gasteiger partial charge in [0, 0.05) is 31.7 Å². The van der Waals surface area contributed by atoms with Gasteiger partial charge in [-0.3, -0.25) is 4.68 Å². The van der Waals surface area contributed by atoms with Crippen molar-refractivity contribution >= 4 is 11.7 Å². The van der Waals surface area contributed by atoms with Crippen molar-refractivity contribution in [1.82, 2.24) is 14.7 Å². The molecule has 0 spiro atoms. The van der Waals surface area contributed by atoms with E-state index in [1.54, 1.807) is 4.68 Å². The molecule has 2 N–H and O–H groups in total. The molecule has 6 nitrogen and oxygen atoms in total. The first kappa shape index (κ1) is 16.8. The second kappa shape index (κ2) is 6.69. The molecule has 124 valence electrons. The lowest BCUT2D eigenvalue weighted by Crippen LogP contribution is -2.49. The molecule has 1 aliphatic rings. The van der Waals surface area contributed by atoms with Crippen LogP contribution in [0.15, 0.2) is 6.20 Å². The summed E-state index contributed by atoms with van der Waals surface area (Å²) in [5, 5.41) is 17.1. The lowest BCUT2D eigenvalue weighted by Gasteiger charge is -2.41. The zero-order valence-electron chi connectivity index (χ0n) is 14.1. The molecule has 0 saturated carbocycles. The van der Waals surface area contributed by atoms with Crippen LogP contribution in [0.5, 0.6) is 0 Å². The number of likely N-dealkylation sites (tertiary alicyclic amines) is 1. The Hall–Kier alpha value is -1.56. The number of nitrogens with one attached hydrogen (secondary N) is 1. The maximum absolute atomic E-state index is 12.6. The molecule has 0 aliphatic carbocycles. The summed E-state index contributed by atoms with van der Waals surface area (Å²) in [6, 6.07) is -0.0964. The molecule has 1 aromatic heterocycles. The van der Waals surface area contributed by atoms with Crippen molar-refractivity contribution in [3.8, 4) is 0 Å². The SMILES string of the molecule is CCC1(CO)CCCN(C(=O)Nc2cn(C)nc2C(C)C)C1. The summed E-state index contributed by atoms with van der Waals surface area (Å²) >= 11 is 0. The van der Waals surface area contributed by atoms with E-state index in [4.69, 9.17) is 0 Å². The molecule has 1 atom stereocenters. The topological polar surface area (TPSA) is 70.4 Å². The molecule has 1 aromatic rings. The quantitative estimate of drug-likeness (QED) is 0.898. The molecule has 2 amide bonds. The van der Waals surface area contributed by atoms with Gasteiger partial charge in [-0.25, -0.2) is 4.79 Å². The zero-order chi connectivity index (χ0) is 16.3. The van der Waals surface area contributed by atoms with Crippen molar-refractivity contribution in [2.75, 3.05) is 25.0 Å². The third kappa shape index (κ3) is 3.43. The molecule has 1 unspecified atom stereocenters. The van der Waals surface area contributed by atoms with Crippen LogP contribution < -0.4 is 5.32 Å². The van der Waals surface area contributed by atoms with Gasteiger partial charge < -0.3 is 15.3 Å². The molecule has 0 radical (unpaired) electrons. The van der Waals surface area contributed by atoms with Gasteiger partial charge in [0.25, 0.3) is 0 Å². The fourth-order valence-corrected chi connectivity index (χ4v) is 3.13. The molecule has 1 aliphatic heterocycles. The number of hydrogen-bond donors (Lipinski definition) is 2. The Morgan fingerprint density at radius 3 is 2.86 bits per heavy atom. The number of amides is 2. The number of urea groups is 1. The van der Waals surface area contributed by atoms with Crippen LogP contribution in [0.25, 0.3) is 0 Å². The van der Waals surface area contributed by atoms with E-state index in [0.717, 1.165) is 37.2 Å². The summed E-state index contributed by atoms with van der Waals surface area (Å²) in [4.78, 5) is 14.4. The number of aliphatic hydroxyl groups is 1. The number of carbonyl (C=O) groups excluding carboxylic acids is 1. The standard InChI is InChI=1S/C16H28N4O2/c1-5-16(11-21)7-6-8-20(10-16)15(22)17-13-9-19(4)18-14(13)12(2)3/h9,12,21H,5-8,10-11H2,1-4H3,(H,17,22). The summed E-state index contributed by atoms with van der Waals surface area (Å²) in [6.07, 6.45) is 4.65. The molecular formula is C16H28N4O2. The van der Waals surface area contributed by atoms with Crippen molar-refractivity contribution < 1.29 is 9.90 Å². The first-order valence-corrected chi connectivity index (χ1v) is 8.11. The van der Waals surface area contributed by atoms with E-state index in [-0.39, 0.29) is 24.0 Å². The fourth-order valence-electron chi connectivity index (χ4n) is 3.13. The Bertz CT molecular complexity index is 520. The molecule has 0 aromatic carbocycles. The number of hydrogen-bond acceptors (Lipinski definition) is 3. The molecule has 2 heterocycles. The van der Waals surface area contributed by atoms with Gasteiger partial charge >= 0.3 is 6.03 Å². The highest BCUT2D eigenvalue weighted by Crippen LogP contribution is 2.33. The Balaban J connectivity index is 2.09. The Kier molecular flexibility index (Phi) is 5.11. The molecule has 1 saturated heterocycles. The maximum Gasteiger partial charge on any atom is 0.321 e. The first-order chi connectivity index (χ1) is 10.4. The van der Waals surface area contributed by atoms with Crippen LogP contribution in [0, 0.1) is 5.41 Å². The highest BCUT2D eigenvalue weighted by atomic mass is 16.3. The summed E-state index contributed by atoms with van der Waals surface area (Å²) in [5.74, 6) is 0.255. The third-order valence-electron chi connectivity index (χ3n) is 4.68. The number of rotatable bonds is 4. The van der Waals surface area contributed by atoms with Gasteiger partial charge in [-0.1, -0.05) is 20.8 Å². The number of piperidine rings is 1. The fraction of sp³-hybridized carbons (Fsp3) is 0.750.